The Morgan fingerprint density at radius 3 is 2.40 bits per heavy atom. The van der Waals surface area contributed by atoms with Crippen LogP contribution in [-0.2, 0) is 16.0 Å². The van der Waals surface area contributed by atoms with E-state index >= 15 is 0 Å². The van der Waals surface area contributed by atoms with Crippen molar-refractivity contribution in [3.8, 4) is 0 Å². The van der Waals surface area contributed by atoms with E-state index in [4.69, 9.17) is 0 Å². The molecule has 1 atom stereocenters. The minimum absolute atomic E-state index is 0.215. The molecule has 138 valence electrons. The third kappa shape index (κ3) is 5.85. The minimum Gasteiger partial charge on any atom is -0.393 e. The highest BCUT2D eigenvalue weighted by atomic mass is 16.3. The fourth-order valence-corrected chi connectivity index (χ4v) is 3.25. The van der Waals surface area contributed by atoms with Crippen molar-refractivity contribution in [2.75, 3.05) is 18.4 Å². The Bertz CT molecular complexity index is 561. The minimum atomic E-state index is -0.589. The van der Waals surface area contributed by atoms with E-state index in [-0.39, 0.29) is 12.0 Å². The van der Waals surface area contributed by atoms with E-state index in [1.807, 2.05) is 24.3 Å². The van der Waals surface area contributed by atoms with E-state index in [9.17, 15) is 14.7 Å². The maximum absolute atomic E-state index is 12.3. The van der Waals surface area contributed by atoms with Crippen molar-refractivity contribution in [3.63, 3.8) is 0 Å². The van der Waals surface area contributed by atoms with Crippen molar-refractivity contribution in [2.45, 2.75) is 58.5 Å². The number of nitrogens with one attached hydrogen (secondary N) is 1. The molecule has 1 heterocycles. The lowest BCUT2D eigenvalue weighted by Gasteiger charge is -2.32. The highest BCUT2D eigenvalue weighted by Crippen LogP contribution is 2.21. The van der Waals surface area contributed by atoms with Crippen molar-refractivity contribution in [2.24, 2.45) is 5.92 Å². The largest absolute Gasteiger partial charge is 0.393 e. The van der Waals surface area contributed by atoms with Crippen LogP contribution in [0, 0.1) is 5.92 Å². The molecule has 1 unspecified atom stereocenters. The summed E-state index contributed by atoms with van der Waals surface area (Å²) in [6.07, 6.45) is 5.75. The predicted molar refractivity (Wildman–Crippen MR) is 99.3 cm³/mol. The topological polar surface area (TPSA) is 69.6 Å². The molecule has 2 N–H and O–H groups in total. The zero-order chi connectivity index (χ0) is 18.2. The van der Waals surface area contributed by atoms with Gasteiger partial charge < -0.3 is 15.3 Å². The smallest absolute Gasteiger partial charge is 0.313 e. The van der Waals surface area contributed by atoms with Gasteiger partial charge in [-0.1, -0.05) is 31.9 Å². The summed E-state index contributed by atoms with van der Waals surface area (Å²) in [6.45, 7) is 5.01. The Morgan fingerprint density at radius 2 is 1.84 bits per heavy atom. The number of hydrogen-bond donors (Lipinski definition) is 2. The molecule has 0 aliphatic carbocycles. The van der Waals surface area contributed by atoms with Crippen LogP contribution in [-0.4, -0.2) is 41.0 Å². The number of rotatable bonds is 6. The number of nitrogens with zero attached hydrogens (tertiary/aromatic N) is 1. The summed E-state index contributed by atoms with van der Waals surface area (Å²) < 4.78 is 0. The lowest BCUT2D eigenvalue weighted by molar-refractivity contribution is -0.144. The molecule has 0 radical (unpaired) electrons. The first-order chi connectivity index (χ1) is 12.0. The number of amides is 2. The number of carbonyl (C=O) groups excluding carboxylic acids is 2. The SMILES string of the molecule is CCCCCc1ccc(NC(=O)C(=O)N2CCC(C(C)O)CC2)cc1. The molecule has 2 amide bonds. The third-order valence-electron chi connectivity index (χ3n) is 4.98. The number of piperidine rings is 1. The van der Waals surface area contributed by atoms with E-state index < -0.39 is 11.8 Å². The van der Waals surface area contributed by atoms with Crippen LogP contribution < -0.4 is 5.32 Å². The molecule has 0 aromatic heterocycles. The van der Waals surface area contributed by atoms with Crippen molar-refractivity contribution >= 4 is 17.5 Å². The van der Waals surface area contributed by atoms with Crippen molar-refractivity contribution in [1.82, 2.24) is 4.90 Å². The molecule has 0 saturated carbocycles. The van der Waals surface area contributed by atoms with Gasteiger partial charge in [0.25, 0.3) is 0 Å². The zero-order valence-corrected chi connectivity index (χ0v) is 15.3. The second-order valence-electron chi connectivity index (χ2n) is 6.98. The summed E-state index contributed by atoms with van der Waals surface area (Å²) >= 11 is 0. The van der Waals surface area contributed by atoms with E-state index in [2.05, 4.69) is 12.2 Å². The number of hydrogen-bond acceptors (Lipinski definition) is 3. The van der Waals surface area contributed by atoms with E-state index in [1.54, 1.807) is 11.8 Å². The normalized spacial score (nSPS) is 16.5. The first-order valence-corrected chi connectivity index (χ1v) is 9.38. The Morgan fingerprint density at radius 1 is 1.20 bits per heavy atom. The van der Waals surface area contributed by atoms with Gasteiger partial charge in [-0.2, -0.15) is 0 Å². The van der Waals surface area contributed by atoms with E-state index in [1.165, 1.54) is 24.8 Å². The average Bonchev–Trinajstić information content (AvgIpc) is 2.62. The Kier molecular flexibility index (Phi) is 7.44. The molecule has 1 aromatic carbocycles. The first-order valence-electron chi connectivity index (χ1n) is 9.38. The molecular weight excluding hydrogens is 316 g/mol. The highest BCUT2D eigenvalue weighted by Gasteiger charge is 2.28. The molecule has 1 fully saturated rings. The quantitative estimate of drug-likeness (QED) is 0.614. The number of unbranched alkanes of at least 4 members (excludes halogenated alkanes) is 2. The maximum atomic E-state index is 12.3. The molecule has 1 aliphatic heterocycles. The number of likely N-dealkylation sites (tertiary alicyclic amines) is 1. The summed E-state index contributed by atoms with van der Waals surface area (Å²) in [7, 11) is 0. The molecule has 0 spiro atoms. The summed E-state index contributed by atoms with van der Waals surface area (Å²) in [5, 5.41) is 12.3. The molecular formula is C20H30N2O3. The molecule has 2 rings (SSSR count). The van der Waals surface area contributed by atoms with E-state index in [0.29, 0.717) is 18.8 Å². The number of carbonyl (C=O) groups is 2. The predicted octanol–water partition coefficient (Wildman–Crippen LogP) is 2.98. The zero-order valence-electron chi connectivity index (χ0n) is 15.3. The van der Waals surface area contributed by atoms with Crippen LogP contribution in [0.15, 0.2) is 24.3 Å². The van der Waals surface area contributed by atoms with Gasteiger partial charge in [-0.3, -0.25) is 9.59 Å². The van der Waals surface area contributed by atoms with Gasteiger partial charge in [0.05, 0.1) is 6.10 Å². The van der Waals surface area contributed by atoms with Crippen molar-refractivity contribution < 1.29 is 14.7 Å². The monoisotopic (exact) mass is 346 g/mol. The number of aliphatic hydroxyl groups excluding tert-OH is 1. The molecule has 5 heteroatoms. The number of benzene rings is 1. The summed E-state index contributed by atoms with van der Waals surface area (Å²) in [6, 6.07) is 7.71. The van der Waals surface area contributed by atoms with Crippen LogP contribution in [0.1, 0.15) is 51.5 Å². The second-order valence-corrected chi connectivity index (χ2v) is 6.98. The Balaban J connectivity index is 1.82. The van der Waals surface area contributed by atoms with Gasteiger partial charge in [0, 0.05) is 18.8 Å². The number of aliphatic hydroxyl groups is 1. The van der Waals surface area contributed by atoms with Gasteiger partial charge in [-0.15, -0.1) is 0 Å². The van der Waals surface area contributed by atoms with Gasteiger partial charge in [0.2, 0.25) is 0 Å². The maximum Gasteiger partial charge on any atom is 0.313 e. The molecule has 5 nitrogen and oxygen atoms in total. The summed E-state index contributed by atoms with van der Waals surface area (Å²) in [5.41, 5.74) is 1.90. The fourth-order valence-electron chi connectivity index (χ4n) is 3.25. The number of aryl methyl sites for hydroxylation is 1. The average molecular weight is 346 g/mol. The van der Waals surface area contributed by atoms with Crippen LogP contribution in [0.5, 0.6) is 0 Å². The van der Waals surface area contributed by atoms with Gasteiger partial charge >= 0.3 is 11.8 Å². The third-order valence-corrected chi connectivity index (χ3v) is 4.98. The summed E-state index contributed by atoms with van der Waals surface area (Å²) in [4.78, 5) is 26.0. The van der Waals surface area contributed by atoms with Gasteiger partial charge in [-0.05, 0) is 56.2 Å². The second kappa shape index (κ2) is 9.56. The molecule has 25 heavy (non-hydrogen) atoms. The molecule has 1 aliphatic rings. The van der Waals surface area contributed by atoms with Crippen LogP contribution in [0.4, 0.5) is 5.69 Å². The van der Waals surface area contributed by atoms with Crippen LogP contribution in [0.3, 0.4) is 0 Å². The molecule has 1 aromatic rings. The first kappa shape index (κ1) is 19.4. The standard InChI is InChI=1S/C20H30N2O3/c1-3-4-5-6-16-7-9-18(10-8-16)21-19(24)20(25)22-13-11-17(12-14-22)15(2)23/h7-10,15,17,23H,3-6,11-14H2,1-2H3,(H,21,24). The van der Waals surface area contributed by atoms with Crippen LogP contribution in [0.2, 0.25) is 0 Å². The van der Waals surface area contributed by atoms with Crippen molar-refractivity contribution in [1.29, 1.82) is 0 Å². The van der Waals surface area contributed by atoms with Gasteiger partial charge in [0.1, 0.15) is 0 Å². The lowest BCUT2D eigenvalue weighted by Crippen LogP contribution is -2.45. The van der Waals surface area contributed by atoms with Crippen LogP contribution in [0.25, 0.3) is 0 Å². The summed E-state index contributed by atoms with van der Waals surface area (Å²) in [5.74, 6) is -0.863. The molecule has 1 saturated heterocycles. The lowest BCUT2D eigenvalue weighted by atomic mass is 9.92. The highest BCUT2D eigenvalue weighted by molar-refractivity contribution is 6.39. The Labute approximate surface area is 150 Å². The van der Waals surface area contributed by atoms with Gasteiger partial charge in [-0.25, -0.2) is 0 Å². The molecule has 0 bridgehead atoms. The van der Waals surface area contributed by atoms with Crippen LogP contribution >= 0.6 is 0 Å². The number of anilines is 1. The van der Waals surface area contributed by atoms with E-state index in [0.717, 1.165) is 19.3 Å². The van der Waals surface area contributed by atoms with Crippen molar-refractivity contribution in [3.05, 3.63) is 29.8 Å². The Hall–Kier alpha value is -1.88. The fraction of sp³-hybridized carbons (Fsp3) is 0.600. The van der Waals surface area contributed by atoms with Gasteiger partial charge in [0.15, 0.2) is 0 Å².